The maximum Gasteiger partial charge on any atom is 0.138 e. The summed E-state index contributed by atoms with van der Waals surface area (Å²) in [6, 6.07) is 8.07. The Bertz CT molecular complexity index is 430. The van der Waals surface area contributed by atoms with E-state index in [1.165, 1.54) is 6.33 Å². The van der Waals surface area contributed by atoms with Crippen LogP contribution in [0.1, 0.15) is 12.5 Å². The fourth-order valence-corrected chi connectivity index (χ4v) is 1.35. The van der Waals surface area contributed by atoms with Crippen molar-refractivity contribution in [2.45, 2.75) is 6.92 Å². The van der Waals surface area contributed by atoms with Gasteiger partial charge in [-0.25, -0.2) is 9.67 Å². The molecule has 0 aliphatic heterocycles. The van der Waals surface area contributed by atoms with E-state index >= 15 is 0 Å². The molecule has 3 nitrogen and oxygen atoms in total. The molecule has 70 valence electrons. The van der Waals surface area contributed by atoms with Crippen LogP contribution in [0.5, 0.6) is 0 Å². The lowest BCUT2D eigenvalue weighted by Crippen LogP contribution is -1.96. The molecular formula is C11H11N3. The van der Waals surface area contributed by atoms with Gasteiger partial charge >= 0.3 is 0 Å². The molecule has 3 heteroatoms. The minimum atomic E-state index is 1.04. The standard InChI is InChI=1S/C11H11N3/c1-2-5-10-6-3-4-7-11(10)14-9-12-8-13-14/h2-9H,1H3/b5-2-. The summed E-state index contributed by atoms with van der Waals surface area (Å²) >= 11 is 0. The first-order chi connectivity index (χ1) is 6.92. The zero-order chi connectivity index (χ0) is 9.80. The summed E-state index contributed by atoms with van der Waals surface area (Å²) in [5, 5.41) is 4.10. The number of benzene rings is 1. The summed E-state index contributed by atoms with van der Waals surface area (Å²) in [5.41, 5.74) is 2.18. The number of nitrogens with zero attached hydrogens (tertiary/aromatic N) is 3. The third-order valence-corrected chi connectivity index (χ3v) is 1.95. The van der Waals surface area contributed by atoms with Crippen molar-refractivity contribution in [1.82, 2.24) is 14.8 Å². The Morgan fingerprint density at radius 2 is 2.14 bits per heavy atom. The molecule has 0 unspecified atom stereocenters. The second-order valence-corrected chi connectivity index (χ2v) is 2.90. The van der Waals surface area contributed by atoms with E-state index < -0.39 is 0 Å². The van der Waals surface area contributed by atoms with Crippen LogP contribution in [-0.2, 0) is 0 Å². The first-order valence-electron chi connectivity index (χ1n) is 4.48. The van der Waals surface area contributed by atoms with E-state index in [9.17, 15) is 0 Å². The Morgan fingerprint density at radius 3 is 2.86 bits per heavy atom. The van der Waals surface area contributed by atoms with Crippen LogP contribution in [0.4, 0.5) is 0 Å². The van der Waals surface area contributed by atoms with E-state index in [2.05, 4.69) is 22.2 Å². The zero-order valence-corrected chi connectivity index (χ0v) is 7.96. The Hall–Kier alpha value is -1.90. The molecule has 1 aromatic heterocycles. The van der Waals surface area contributed by atoms with Crippen molar-refractivity contribution in [3.05, 3.63) is 48.6 Å². The van der Waals surface area contributed by atoms with E-state index in [0.29, 0.717) is 0 Å². The highest BCUT2D eigenvalue weighted by Crippen LogP contribution is 2.14. The zero-order valence-electron chi connectivity index (χ0n) is 7.96. The van der Waals surface area contributed by atoms with Crippen molar-refractivity contribution in [1.29, 1.82) is 0 Å². The number of aromatic nitrogens is 3. The lowest BCUT2D eigenvalue weighted by atomic mass is 10.1. The van der Waals surface area contributed by atoms with Gasteiger partial charge in [0.05, 0.1) is 5.69 Å². The van der Waals surface area contributed by atoms with Crippen LogP contribution >= 0.6 is 0 Å². The van der Waals surface area contributed by atoms with Gasteiger partial charge in [-0.15, -0.1) is 0 Å². The maximum atomic E-state index is 4.10. The van der Waals surface area contributed by atoms with Gasteiger partial charge in [-0.2, -0.15) is 5.10 Å². The summed E-state index contributed by atoms with van der Waals surface area (Å²) in [4.78, 5) is 3.93. The van der Waals surface area contributed by atoms with Crippen molar-refractivity contribution in [2.75, 3.05) is 0 Å². The third kappa shape index (κ3) is 1.57. The fraction of sp³-hybridized carbons (Fsp3) is 0.0909. The normalized spacial score (nSPS) is 10.9. The Labute approximate surface area is 82.7 Å². The Morgan fingerprint density at radius 1 is 1.29 bits per heavy atom. The van der Waals surface area contributed by atoms with Crippen molar-refractivity contribution in [3.8, 4) is 5.69 Å². The molecule has 2 aromatic rings. The van der Waals surface area contributed by atoms with Crippen LogP contribution in [-0.4, -0.2) is 14.8 Å². The summed E-state index contributed by atoms with van der Waals surface area (Å²) in [6.45, 7) is 2.00. The monoisotopic (exact) mass is 185 g/mol. The number of rotatable bonds is 2. The number of hydrogen-bond donors (Lipinski definition) is 0. The summed E-state index contributed by atoms with van der Waals surface area (Å²) < 4.78 is 1.76. The minimum absolute atomic E-state index is 1.04. The molecule has 0 saturated carbocycles. The predicted molar refractivity (Wildman–Crippen MR) is 56.1 cm³/mol. The van der Waals surface area contributed by atoms with Gasteiger partial charge < -0.3 is 0 Å². The van der Waals surface area contributed by atoms with Gasteiger partial charge in [0.25, 0.3) is 0 Å². The Balaban J connectivity index is 2.52. The molecule has 0 spiro atoms. The van der Waals surface area contributed by atoms with E-state index in [0.717, 1.165) is 11.3 Å². The minimum Gasteiger partial charge on any atom is -0.223 e. The second-order valence-electron chi connectivity index (χ2n) is 2.90. The Kier molecular flexibility index (Phi) is 2.40. The van der Waals surface area contributed by atoms with Gasteiger partial charge in [-0.05, 0) is 18.6 Å². The van der Waals surface area contributed by atoms with E-state index in [4.69, 9.17) is 0 Å². The third-order valence-electron chi connectivity index (χ3n) is 1.95. The maximum absolute atomic E-state index is 4.10. The molecule has 0 radical (unpaired) electrons. The van der Waals surface area contributed by atoms with Gasteiger partial charge in [-0.3, -0.25) is 0 Å². The fourth-order valence-electron chi connectivity index (χ4n) is 1.35. The molecule has 1 aromatic carbocycles. The summed E-state index contributed by atoms with van der Waals surface area (Å²) in [5.74, 6) is 0. The highest BCUT2D eigenvalue weighted by Gasteiger charge is 2.00. The van der Waals surface area contributed by atoms with Crippen molar-refractivity contribution in [3.63, 3.8) is 0 Å². The number of allylic oxidation sites excluding steroid dienone is 1. The predicted octanol–water partition coefficient (Wildman–Crippen LogP) is 2.30. The molecule has 14 heavy (non-hydrogen) atoms. The summed E-state index contributed by atoms with van der Waals surface area (Å²) in [7, 11) is 0. The molecule has 0 aliphatic carbocycles. The molecule has 0 fully saturated rings. The van der Waals surface area contributed by atoms with Crippen molar-refractivity contribution in [2.24, 2.45) is 0 Å². The lowest BCUT2D eigenvalue weighted by Gasteiger charge is -2.03. The SMILES string of the molecule is C/C=C\c1ccccc1-n1cncn1. The quantitative estimate of drug-likeness (QED) is 0.718. The molecule has 0 amide bonds. The molecule has 0 atom stereocenters. The number of para-hydroxylation sites is 1. The first kappa shape index (κ1) is 8.69. The molecule has 0 N–H and O–H groups in total. The van der Waals surface area contributed by atoms with Gasteiger partial charge in [0, 0.05) is 0 Å². The highest BCUT2D eigenvalue weighted by molar-refractivity contribution is 5.59. The molecule has 0 aliphatic rings. The summed E-state index contributed by atoms with van der Waals surface area (Å²) in [6.07, 6.45) is 7.29. The average Bonchev–Trinajstić information content (AvgIpc) is 2.72. The van der Waals surface area contributed by atoms with Gasteiger partial charge in [-0.1, -0.05) is 30.4 Å². The van der Waals surface area contributed by atoms with Crippen LogP contribution in [0.25, 0.3) is 11.8 Å². The van der Waals surface area contributed by atoms with Gasteiger partial charge in [0.2, 0.25) is 0 Å². The van der Waals surface area contributed by atoms with Crippen molar-refractivity contribution < 1.29 is 0 Å². The van der Waals surface area contributed by atoms with Crippen LogP contribution in [0, 0.1) is 0 Å². The second kappa shape index (κ2) is 3.87. The molecule has 0 bridgehead atoms. The van der Waals surface area contributed by atoms with E-state index in [1.54, 1.807) is 11.0 Å². The molecular weight excluding hydrogens is 174 g/mol. The molecule has 1 heterocycles. The van der Waals surface area contributed by atoms with E-state index in [-0.39, 0.29) is 0 Å². The van der Waals surface area contributed by atoms with Crippen LogP contribution in [0.2, 0.25) is 0 Å². The number of hydrogen-bond acceptors (Lipinski definition) is 2. The van der Waals surface area contributed by atoms with Gasteiger partial charge in [0.1, 0.15) is 12.7 Å². The molecule has 2 rings (SSSR count). The van der Waals surface area contributed by atoms with E-state index in [1.807, 2.05) is 31.2 Å². The largest absolute Gasteiger partial charge is 0.223 e. The molecule has 0 saturated heterocycles. The smallest absolute Gasteiger partial charge is 0.138 e. The first-order valence-corrected chi connectivity index (χ1v) is 4.48. The average molecular weight is 185 g/mol. The van der Waals surface area contributed by atoms with Gasteiger partial charge in [0.15, 0.2) is 0 Å². The van der Waals surface area contributed by atoms with Crippen molar-refractivity contribution >= 4 is 6.08 Å². The topological polar surface area (TPSA) is 30.7 Å². The lowest BCUT2D eigenvalue weighted by molar-refractivity contribution is 0.877. The van der Waals surface area contributed by atoms with Crippen LogP contribution in [0.15, 0.2) is 43.0 Å². The van der Waals surface area contributed by atoms with Crippen LogP contribution in [0.3, 0.4) is 0 Å². The van der Waals surface area contributed by atoms with Crippen LogP contribution < -0.4 is 0 Å². The highest BCUT2D eigenvalue weighted by atomic mass is 15.3.